The van der Waals surface area contributed by atoms with Crippen LogP contribution < -0.4 is 20.1 Å². The Hall–Kier alpha value is -3.21. The SMILES string of the molecule is COc1ccc(CCNc2nc(NCC3CCC(CNS(=O)(=O)c4ccc(Br)cc4)CC3)nc3ccccc23)cc1. The molecule has 0 saturated heterocycles. The summed E-state index contributed by atoms with van der Waals surface area (Å²) in [4.78, 5) is 9.87. The monoisotopic (exact) mass is 637 g/mol. The molecule has 41 heavy (non-hydrogen) atoms. The van der Waals surface area contributed by atoms with Gasteiger partial charge in [-0.25, -0.2) is 18.1 Å². The minimum Gasteiger partial charge on any atom is -0.497 e. The van der Waals surface area contributed by atoms with Gasteiger partial charge < -0.3 is 15.4 Å². The molecule has 0 spiro atoms. The van der Waals surface area contributed by atoms with E-state index in [0.717, 1.165) is 72.1 Å². The second-order valence-corrected chi connectivity index (χ2v) is 13.2. The van der Waals surface area contributed by atoms with Crippen molar-refractivity contribution in [2.75, 3.05) is 37.4 Å². The van der Waals surface area contributed by atoms with Crippen LogP contribution in [0.3, 0.4) is 0 Å². The molecule has 4 aromatic rings. The van der Waals surface area contributed by atoms with Crippen LogP contribution in [0.1, 0.15) is 31.2 Å². The number of hydrogen-bond donors (Lipinski definition) is 3. The predicted octanol–water partition coefficient (Wildman–Crippen LogP) is 6.25. The van der Waals surface area contributed by atoms with E-state index in [0.29, 0.717) is 29.2 Å². The molecule has 3 aromatic carbocycles. The highest BCUT2D eigenvalue weighted by molar-refractivity contribution is 9.10. The molecule has 0 bridgehead atoms. The lowest BCUT2D eigenvalue weighted by Gasteiger charge is -2.28. The summed E-state index contributed by atoms with van der Waals surface area (Å²) >= 11 is 3.35. The van der Waals surface area contributed by atoms with E-state index in [2.05, 4.69) is 43.4 Å². The van der Waals surface area contributed by atoms with Gasteiger partial charge in [-0.05, 0) is 98.0 Å². The molecule has 0 aliphatic heterocycles. The van der Waals surface area contributed by atoms with Crippen molar-refractivity contribution in [3.05, 3.63) is 82.8 Å². The summed E-state index contributed by atoms with van der Waals surface area (Å²) in [7, 11) is -1.82. The molecular formula is C31H36BrN5O3S. The van der Waals surface area contributed by atoms with E-state index >= 15 is 0 Å². The second kappa shape index (κ2) is 13.6. The summed E-state index contributed by atoms with van der Waals surface area (Å²) < 4.78 is 34.2. The molecular weight excluding hydrogens is 602 g/mol. The number of methoxy groups -OCH3 is 1. The van der Waals surface area contributed by atoms with Crippen LogP contribution in [0.15, 0.2) is 82.2 Å². The maximum Gasteiger partial charge on any atom is 0.240 e. The highest BCUT2D eigenvalue weighted by Gasteiger charge is 2.23. The molecule has 10 heteroatoms. The number of sulfonamides is 1. The van der Waals surface area contributed by atoms with Crippen LogP contribution >= 0.6 is 15.9 Å². The van der Waals surface area contributed by atoms with Gasteiger partial charge in [-0.1, -0.05) is 40.2 Å². The van der Waals surface area contributed by atoms with Gasteiger partial charge in [-0.2, -0.15) is 4.98 Å². The Morgan fingerprint density at radius 1 is 0.854 bits per heavy atom. The van der Waals surface area contributed by atoms with Crippen molar-refractivity contribution in [2.45, 2.75) is 37.0 Å². The van der Waals surface area contributed by atoms with Crippen molar-refractivity contribution in [3.63, 3.8) is 0 Å². The number of para-hydroxylation sites is 1. The first kappa shape index (κ1) is 29.3. The maximum atomic E-state index is 12.6. The van der Waals surface area contributed by atoms with Gasteiger partial charge in [0.05, 0.1) is 17.5 Å². The smallest absolute Gasteiger partial charge is 0.240 e. The standard InChI is InChI=1S/C31H36BrN5O3S/c1-40-26-14-10-22(11-15-26)18-19-33-30-28-4-2-3-5-29(28)36-31(37-30)34-20-23-6-8-24(9-7-23)21-35-41(38,39)27-16-12-25(32)13-17-27/h2-5,10-17,23-24,35H,6-9,18-21H2,1H3,(H2,33,34,36,37). The number of halogens is 1. The molecule has 0 atom stereocenters. The van der Waals surface area contributed by atoms with Crippen LogP contribution in [-0.4, -0.2) is 45.1 Å². The molecule has 3 N–H and O–H groups in total. The van der Waals surface area contributed by atoms with Gasteiger partial charge in [0.2, 0.25) is 16.0 Å². The van der Waals surface area contributed by atoms with Gasteiger partial charge in [0.25, 0.3) is 0 Å². The van der Waals surface area contributed by atoms with Crippen molar-refractivity contribution in [1.29, 1.82) is 0 Å². The van der Waals surface area contributed by atoms with E-state index < -0.39 is 10.0 Å². The fraction of sp³-hybridized carbons (Fsp3) is 0.355. The fourth-order valence-corrected chi connectivity index (χ4v) is 6.59. The van der Waals surface area contributed by atoms with Crippen LogP contribution in [0.4, 0.5) is 11.8 Å². The van der Waals surface area contributed by atoms with Gasteiger partial charge in [-0.3, -0.25) is 0 Å². The Balaban J connectivity index is 1.12. The number of nitrogens with one attached hydrogen (secondary N) is 3. The summed E-state index contributed by atoms with van der Waals surface area (Å²) in [6.45, 7) is 2.02. The zero-order valence-electron chi connectivity index (χ0n) is 23.1. The van der Waals surface area contributed by atoms with Gasteiger partial charge in [0, 0.05) is 29.5 Å². The number of fused-ring (bicyclic) bond motifs is 1. The summed E-state index contributed by atoms with van der Waals surface area (Å²) in [5, 5.41) is 7.98. The first-order valence-corrected chi connectivity index (χ1v) is 16.3. The molecule has 1 aliphatic carbocycles. The Bertz CT molecular complexity index is 1540. The third kappa shape index (κ3) is 7.96. The minimum atomic E-state index is -3.49. The van der Waals surface area contributed by atoms with Crippen molar-refractivity contribution < 1.29 is 13.2 Å². The van der Waals surface area contributed by atoms with Gasteiger partial charge in [0.15, 0.2) is 0 Å². The fourth-order valence-electron chi connectivity index (χ4n) is 5.21. The van der Waals surface area contributed by atoms with Crippen LogP contribution in [0.2, 0.25) is 0 Å². The number of hydrogen-bond acceptors (Lipinski definition) is 7. The molecule has 8 nitrogen and oxygen atoms in total. The Morgan fingerprint density at radius 2 is 1.54 bits per heavy atom. The summed E-state index contributed by atoms with van der Waals surface area (Å²) in [5.74, 6) is 3.15. The van der Waals surface area contributed by atoms with E-state index in [1.54, 1.807) is 31.4 Å². The third-order valence-electron chi connectivity index (χ3n) is 7.67. The maximum absolute atomic E-state index is 12.6. The number of nitrogens with zero attached hydrogens (tertiary/aromatic N) is 2. The molecule has 1 aliphatic rings. The van der Waals surface area contributed by atoms with Gasteiger partial charge in [0.1, 0.15) is 11.6 Å². The van der Waals surface area contributed by atoms with Crippen LogP contribution in [0.25, 0.3) is 10.9 Å². The lowest BCUT2D eigenvalue weighted by Crippen LogP contribution is -2.32. The van der Waals surface area contributed by atoms with Crippen LogP contribution in [0.5, 0.6) is 5.75 Å². The zero-order chi connectivity index (χ0) is 28.7. The van der Waals surface area contributed by atoms with Crippen molar-refractivity contribution in [1.82, 2.24) is 14.7 Å². The quantitative estimate of drug-likeness (QED) is 0.169. The number of benzene rings is 3. The molecule has 5 rings (SSSR count). The molecule has 0 amide bonds. The highest BCUT2D eigenvalue weighted by Crippen LogP contribution is 2.29. The van der Waals surface area contributed by atoms with E-state index in [1.807, 2.05) is 36.4 Å². The van der Waals surface area contributed by atoms with Crippen molar-refractivity contribution >= 4 is 48.6 Å². The average molecular weight is 639 g/mol. The Labute approximate surface area is 250 Å². The molecule has 0 radical (unpaired) electrons. The largest absolute Gasteiger partial charge is 0.497 e. The van der Waals surface area contributed by atoms with E-state index in [1.165, 1.54) is 5.56 Å². The average Bonchev–Trinajstić information content (AvgIpc) is 3.00. The molecule has 1 heterocycles. The van der Waals surface area contributed by atoms with E-state index in [9.17, 15) is 8.42 Å². The first-order chi connectivity index (χ1) is 19.9. The Kier molecular flexibility index (Phi) is 9.74. The lowest BCUT2D eigenvalue weighted by atomic mass is 9.82. The summed E-state index contributed by atoms with van der Waals surface area (Å²) in [5.41, 5.74) is 2.13. The molecule has 1 fully saturated rings. The van der Waals surface area contributed by atoms with Gasteiger partial charge >= 0.3 is 0 Å². The number of ether oxygens (including phenoxy) is 1. The minimum absolute atomic E-state index is 0.295. The molecule has 1 saturated carbocycles. The number of rotatable bonds is 12. The number of aromatic nitrogens is 2. The van der Waals surface area contributed by atoms with E-state index in [4.69, 9.17) is 14.7 Å². The first-order valence-electron chi connectivity index (χ1n) is 14.0. The highest BCUT2D eigenvalue weighted by atomic mass is 79.9. The van der Waals surface area contributed by atoms with Crippen LogP contribution in [-0.2, 0) is 16.4 Å². The number of anilines is 2. The normalized spacial score (nSPS) is 17.3. The van der Waals surface area contributed by atoms with Crippen molar-refractivity contribution in [2.24, 2.45) is 11.8 Å². The third-order valence-corrected chi connectivity index (χ3v) is 9.64. The predicted molar refractivity (Wildman–Crippen MR) is 168 cm³/mol. The summed E-state index contributed by atoms with van der Waals surface area (Å²) in [6.07, 6.45) is 4.93. The molecule has 0 unspecified atom stereocenters. The zero-order valence-corrected chi connectivity index (χ0v) is 25.5. The Morgan fingerprint density at radius 3 is 2.24 bits per heavy atom. The molecule has 1 aromatic heterocycles. The van der Waals surface area contributed by atoms with Crippen molar-refractivity contribution in [3.8, 4) is 5.75 Å². The summed E-state index contributed by atoms with van der Waals surface area (Å²) in [6, 6.07) is 22.9. The molecule has 216 valence electrons. The van der Waals surface area contributed by atoms with Gasteiger partial charge in [-0.15, -0.1) is 0 Å². The topological polar surface area (TPSA) is 105 Å². The van der Waals surface area contributed by atoms with E-state index in [-0.39, 0.29) is 0 Å². The van der Waals surface area contributed by atoms with Crippen LogP contribution in [0, 0.1) is 11.8 Å². The lowest BCUT2D eigenvalue weighted by molar-refractivity contribution is 0.284. The second-order valence-electron chi connectivity index (χ2n) is 10.5.